The van der Waals surface area contributed by atoms with E-state index in [1.54, 1.807) is 12.1 Å². The first-order chi connectivity index (χ1) is 9.63. The van der Waals surface area contributed by atoms with Gasteiger partial charge in [-0.3, -0.25) is 4.90 Å². The second-order valence-electron chi connectivity index (χ2n) is 6.03. The van der Waals surface area contributed by atoms with Gasteiger partial charge in [-0.05, 0) is 44.0 Å². The van der Waals surface area contributed by atoms with E-state index in [4.69, 9.17) is 5.73 Å². The Balaban J connectivity index is 2.22. The molecule has 2 rings (SSSR count). The summed E-state index contributed by atoms with van der Waals surface area (Å²) < 4.78 is 13.5. The fourth-order valence-corrected chi connectivity index (χ4v) is 3.41. The zero-order valence-electron chi connectivity index (χ0n) is 12.7. The van der Waals surface area contributed by atoms with Crippen LogP contribution < -0.4 is 5.73 Å². The zero-order chi connectivity index (χ0) is 14.5. The lowest BCUT2D eigenvalue weighted by atomic mass is 9.90. The number of hydrogen-bond acceptors (Lipinski definition) is 2. The maximum atomic E-state index is 13.5. The van der Waals surface area contributed by atoms with E-state index in [0.29, 0.717) is 6.04 Å². The summed E-state index contributed by atoms with van der Waals surface area (Å²) in [6, 6.07) is 7.66. The van der Waals surface area contributed by atoms with E-state index in [0.717, 1.165) is 12.0 Å². The fourth-order valence-electron chi connectivity index (χ4n) is 3.41. The predicted octanol–water partition coefficient (Wildman–Crippen LogP) is 3.87. The summed E-state index contributed by atoms with van der Waals surface area (Å²) >= 11 is 0. The highest BCUT2D eigenvalue weighted by atomic mass is 19.1. The summed E-state index contributed by atoms with van der Waals surface area (Å²) in [7, 11) is 2.15. The van der Waals surface area contributed by atoms with Crippen LogP contribution in [0.3, 0.4) is 0 Å². The summed E-state index contributed by atoms with van der Waals surface area (Å²) in [5.74, 6) is -0.173. The normalized spacial score (nSPS) is 20.1. The Bertz CT molecular complexity index is 415. The minimum Gasteiger partial charge on any atom is -0.326 e. The molecule has 1 aromatic carbocycles. The van der Waals surface area contributed by atoms with Crippen molar-refractivity contribution in [3.8, 4) is 0 Å². The van der Waals surface area contributed by atoms with Gasteiger partial charge in [-0.1, -0.05) is 38.3 Å². The molecule has 0 saturated heterocycles. The van der Waals surface area contributed by atoms with Crippen molar-refractivity contribution in [2.24, 2.45) is 5.73 Å². The molecular weight excluding hydrogens is 251 g/mol. The van der Waals surface area contributed by atoms with Crippen LogP contribution in [0.1, 0.15) is 57.1 Å². The molecule has 1 fully saturated rings. The largest absolute Gasteiger partial charge is 0.326 e. The van der Waals surface area contributed by atoms with Crippen molar-refractivity contribution in [3.05, 3.63) is 35.6 Å². The van der Waals surface area contributed by atoms with Gasteiger partial charge in [0.05, 0.1) is 0 Å². The second kappa shape index (κ2) is 7.19. The summed E-state index contributed by atoms with van der Waals surface area (Å²) in [6.45, 7) is 2.10. The molecule has 0 aliphatic heterocycles. The van der Waals surface area contributed by atoms with Crippen molar-refractivity contribution in [1.29, 1.82) is 0 Å². The van der Waals surface area contributed by atoms with Crippen LogP contribution in [-0.4, -0.2) is 24.0 Å². The molecule has 0 radical (unpaired) electrons. The summed E-state index contributed by atoms with van der Waals surface area (Å²) in [6.07, 6.45) is 7.31. The van der Waals surface area contributed by atoms with E-state index >= 15 is 0 Å². The van der Waals surface area contributed by atoms with Gasteiger partial charge in [-0.2, -0.15) is 0 Å². The monoisotopic (exact) mass is 278 g/mol. The highest BCUT2D eigenvalue weighted by Crippen LogP contribution is 2.31. The molecular formula is C17H27FN2. The number of nitrogens with zero attached hydrogens (tertiary/aromatic N) is 1. The minimum atomic E-state index is -0.173. The third kappa shape index (κ3) is 3.58. The number of nitrogens with two attached hydrogens (primary N) is 1. The molecule has 0 spiro atoms. The Morgan fingerprint density at radius 2 is 2.00 bits per heavy atom. The van der Waals surface area contributed by atoms with Gasteiger partial charge < -0.3 is 5.73 Å². The van der Waals surface area contributed by atoms with Crippen LogP contribution in [0, 0.1) is 5.82 Å². The average molecular weight is 278 g/mol. The smallest absolute Gasteiger partial charge is 0.123 e. The lowest BCUT2D eigenvalue weighted by Gasteiger charge is -2.40. The van der Waals surface area contributed by atoms with Gasteiger partial charge in [0.15, 0.2) is 0 Å². The first-order valence-electron chi connectivity index (χ1n) is 7.86. The van der Waals surface area contributed by atoms with Gasteiger partial charge in [0.1, 0.15) is 5.82 Å². The molecule has 0 aromatic heterocycles. The maximum absolute atomic E-state index is 13.5. The Labute approximate surface area is 122 Å². The lowest BCUT2D eigenvalue weighted by molar-refractivity contribution is 0.118. The van der Waals surface area contributed by atoms with Crippen molar-refractivity contribution in [2.45, 2.75) is 63.6 Å². The van der Waals surface area contributed by atoms with E-state index in [9.17, 15) is 4.39 Å². The van der Waals surface area contributed by atoms with Gasteiger partial charge in [-0.15, -0.1) is 0 Å². The number of halogens is 1. The minimum absolute atomic E-state index is 0.0451. The van der Waals surface area contributed by atoms with E-state index in [1.807, 2.05) is 6.07 Å². The molecule has 1 aromatic rings. The first kappa shape index (κ1) is 15.5. The molecule has 2 nitrogen and oxygen atoms in total. The van der Waals surface area contributed by atoms with Crippen molar-refractivity contribution in [1.82, 2.24) is 4.90 Å². The molecule has 0 heterocycles. The van der Waals surface area contributed by atoms with E-state index in [1.165, 1.54) is 38.2 Å². The molecule has 0 bridgehead atoms. The molecule has 2 atom stereocenters. The molecule has 1 aliphatic carbocycles. The van der Waals surface area contributed by atoms with Crippen LogP contribution in [0.5, 0.6) is 0 Å². The summed E-state index contributed by atoms with van der Waals surface area (Å²) in [5, 5.41) is 0. The van der Waals surface area contributed by atoms with Crippen molar-refractivity contribution in [3.63, 3.8) is 0 Å². The molecule has 2 unspecified atom stereocenters. The Kier molecular flexibility index (Phi) is 5.55. The molecule has 1 saturated carbocycles. The SMILES string of the molecule is CCC(N)C(c1cccc(F)c1)N(C)C1CCCCC1. The van der Waals surface area contributed by atoms with Gasteiger partial charge in [-0.25, -0.2) is 4.39 Å². The maximum Gasteiger partial charge on any atom is 0.123 e. The molecule has 1 aliphatic rings. The summed E-state index contributed by atoms with van der Waals surface area (Å²) in [4.78, 5) is 2.39. The molecule has 3 heteroatoms. The van der Waals surface area contributed by atoms with Gasteiger partial charge in [0.2, 0.25) is 0 Å². The quantitative estimate of drug-likeness (QED) is 0.886. The van der Waals surface area contributed by atoms with Gasteiger partial charge >= 0.3 is 0 Å². The Morgan fingerprint density at radius 3 is 2.60 bits per heavy atom. The van der Waals surface area contributed by atoms with Crippen LogP contribution in [0.2, 0.25) is 0 Å². The number of rotatable bonds is 5. The Hall–Kier alpha value is -0.930. The number of benzene rings is 1. The molecule has 2 N–H and O–H groups in total. The van der Waals surface area contributed by atoms with Crippen molar-refractivity contribution < 1.29 is 4.39 Å². The third-order valence-corrected chi connectivity index (χ3v) is 4.66. The van der Waals surface area contributed by atoms with E-state index < -0.39 is 0 Å². The molecule has 20 heavy (non-hydrogen) atoms. The highest BCUT2D eigenvalue weighted by Gasteiger charge is 2.29. The highest BCUT2D eigenvalue weighted by molar-refractivity contribution is 5.22. The third-order valence-electron chi connectivity index (χ3n) is 4.66. The van der Waals surface area contributed by atoms with Crippen LogP contribution in [0.15, 0.2) is 24.3 Å². The standard InChI is InChI=1S/C17H27FN2/c1-3-16(19)17(13-8-7-9-14(18)12-13)20(2)15-10-5-4-6-11-15/h7-9,12,15-17H,3-6,10-11,19H2,1-2H3. The summed E-state index contributed by atoms with van der Waals surface area (Å²) in [5.41, 5.74) is 7.35. The van der Waals surface area contributed by atoms with E-state index in [2.05, 4.69) is 18.9 Å². The van der Waals surface area contributed by atoms with Crippen molar-refractivity contribution in [2.75, 3.05) is 7.05 Å². The van der Waals surface area contributed by atoms with Gasteiger partial charge in [0.25, 0.3) is 0 Å². The fraction of sp³-hybridized carbons (Fsp3) is 0.647. The van der Waals surface area contributed by atoms with Crippen LogP contribution in [-0.2, 0) is 0 Å². The second-order valence-corrected chi connectivity index (χ2v) is 6.03. The number of hydrogen-bond donors (Lipinski definition) is 1. The average Bonchev–Trinajstić information content (AvgIpc) is 2.48. The van der Waals surface area contributed by atoms with Crippen molar-refractivity contribution >= 4 is 0 Å². The molecule has 0 amide bonds. The topological polar surface area (TPSA) is 29.3 Å². The van der Waals surface area contributed by atoms with Crippen LogP contribution >= 0.6 is 0 Å². The lowest BCUT2D eigenvalue weighted by Crippen LogP contribution is -2.44. The van der Waals surface area contributed by atoms with Crippen LogP contribution in [0.25, 0.3) is 0 Å². The van der Waals surface area contributed by atoms with Gasteiger partial charge in [0, 0.05) is 18.1 Å². The van der Waals surface area contributed by atoms with E-state index in [-0.39, 0.29) is 17.9 Å². The van der Waals surface area contributed by atoms with Crippen LogP contribution in [0.4, 0.5) is 4.39 Å². The zero-order valence-corrected chi connectivity index (χ0v) is 12.7. The first-order valence-corrected chi connectivity index (χ1v) is 7.86. The number of likely N-dealkylation sites (N-methyl/N-ethyl adjacent to an activating group) is 1. The molecule has 112 valence electrons. The predicted molar refractivity (Wildman–Crippen MR) is 82.0 cm³/mol. The Morgan fingerprint density at radius 1 is 1.30 bits per heavy atom.